The average Bonchev–Trinajstić information content (AvgIpc) is 2.94. The molecule has 1 aromatic carbocycles. The highest BCUT2D eigenvalue weighted by Crippen LogP contribution is 2.25. The molecule has 3 aromatic rings. The minimum atomic E-state index is -0.409. The summed E-state index contributed by atoms with van der Waals surface area (Å²) in [6.07, 6.45) is 1.47. The van der Waals surface area contributed by atoms with E-state index in [-0.39, 0.29) is 17.3 Å². The number of aryl methyl sites for hydroxylation is 1. The highest BCUT2D eigenvalue weighted by Gasteiger charge is 2.14. The highest BCUT2D eigenvalue weighted by atomic mass is 16.3. The van der Waals surface area contributed by atoms with Crippen molar-refractivity contribution in [3.63, 3.8) is 0 Å². The third-order valence-electron chi connectivity index (χ3n) is 3.00. The molecule has 0 spiro atoms. The van der Waals surface area contributed by atoms with Gasteiger partial charge in [0, 0.05) is 0 Å². The Bertz CT molecular complexity index is 787. The van der Waals surface area contributed by atoms with Gasteiger partial charge in [0.1, 0.15) is 5.56 Å². The lowest BCUT2D eigenvalue weighted by molar-refractivity contribution is 0.452. The van der Waals surface area contributed by atoms with Gasteiger partial charge in [-0.25, -0.2) is 0 Å². The van der Waals surface area contributed by atoms with Gasteiger partial charge in [0.15, 0.2) is 11.6 Å². The monoisotopic (exact) mass is 268 g/mol. The number of aromatic hydroxyl groups is 1. The van der Waals surface area contributed by atoms with E-state index in [0.717, 1.165) is 5.56 Å². The summed E-state index contributed by atoms with van der Waals surface area (Å²) in [6, 6.07) is 10.6. The number of hydrogen-bond donors (Lipinski definition) is 2. The number of furan rings is 1. The molecule has 0 radical (unpaired) electrons. The molecule has 0 aliphatic carbocycles. The Kier molecular flexibility index (Phi) is 2.87. The van der Waals surface area contributed by atoms with Gasteiger partial charge in [-0.3, -0.25) is 4.79 Å². The smallest absolute Gasteiger partial charge is 0.263 e. The first-order valence-corrected chi connectivity index (χ1v) is 6.09. The van der Waals surface area contributed by atoms with Gasteiger partial charge in [-0.2, -0.15) is 4.98 Å². The third-order valence-corrected chi connectivity index (χ3v) is 3.00. The Labute approximate surface area is 114 Å². The van der Waals surface area contributed by atoms with Crippen molar-refractivity contribution in [1.82, 2.24) is 9.97 Å². The summed E-state index contributed by atoms with van der Waals surface area (Å²) in [5.41, 5.74) is 1.44. The van der Waals surface area contributed by atoms with Crippen LogP contribution >= 0.6 is 0 Å². The van der Waals surface area contributed by atoms with Gasteiger partial charge < -0.3 is 14.5 Å². The van der Waals surface area contributed by atoms with Crippen LogP contribution in [0.15, 0.2) is 51.9 Å². The lowest BCUT2D eigenvalue weighted by atomic mass is 10.1. The molecule has 0 aliphatic rings. The van der Waals surface area contributed by atoms with E-state index in [0.29, 0.717) is 11.3 Å². The van der Waals surface area contributed by atoms with Crippen LogP contribution in [-0.4, -0.2) is 15.1 Å². The number of aromatic amines is 1. The summed E-state index contributed by atoms with van der Waals surface area (Å²) >= 11 is 0. The predicted molar refractivity (Wildman–Crippen MR) is 74.4 cm³/mol. The summed E-state index contributed by atoms with van der Waals surface area (Å²) in [7, 11) is 0. The van der Waals surface area contributed by atoms with Gasteiger partial charge in [0.05, 0.1) is 6.26 Å². The Morgan fingerprint density at radius 2 is 1.95 bits per heavy atom. The zero-order chi connectivity index (χ0) is 14.1. The van der Waals surface area contributed by atoms with Crippen LogP contribution in [0.5, 0.6) is 5.88 Å². The molecule has 0 bridgehead atoms. The Morgan fingerprint density at radius 3 is 2.55 bits per heavy atom. The van der Waals surface area contributed by atoms with Gasteiger partial charge in [-0.05, 0) is 24.6 Å². The van der Waals surface area contributed by atoms with Crippen LogP contribution in [0.4, 0.5) is 0 Å². The number of nitrogens with zero attached hydrogens (tertiary/aromatic N) is 1. The Hall–Kier alpha value is -2.82. The first-order chi connectivity index (χ1) is 9.65. The zero-order valence-electron chi connectivity index (χ0n) is 10.8. The second-order valence-electron chi connectivity index (χ2n) is 4.46. The molecule has 2 heterocycles. The SMILES string of the molecule is Cc1ccc(-c2c(O)nc(-c3ccco3)[nH]c2=O)cc1. The molecule has 5 heteroatoms. The Morgan fingerprint density at radius 1 is 1.20 bits per heavy atom. The van der Waals surface area contributed by atoms with Crippen LogP contribution in [0, 0.1) is 6.92 Å². The van der Waals surface area contributed by atoms with Crippen molar-refractivity contribution in [2.75, 3.05) is 0 Å². The number of H-pyrrole nitrogens is 1. The lowest BCUT2D eigenvalue weighted by Gasteiger charge is -2.05. The number of benzene rings is 1. The molecule has 0 atom stereocenters. The number of nitrogens with one attached hydrogen (secondary N) is 1. The van der Waals surface area contributed by atoms with E-state index in [9.17, 15) is 9.90 Å². The molecule has 2 N–H and O–H groups in total. The van der Waals surface area contributed by atoms with Crippen molar-refractivity contribution in [3.8, 4) is 28.6 Å². The first kappa shape index (κ1) is 12.2. The van der Waals surface area contributed by atoms with E-state index in [1.807, 2.05) is 19.1 Å². The highest BCUT2D eigenvalue weighted by molar-refractivity contribution is 5.68. The normalized spacial score (nSPS) is 10.7. The maximum absolute atomic E-state index is 12.1. The summed E-state index contributed by atoms with van der Waals surface area (Å²) in [6.45, 7) is 1.95. The van der Waals surface area contributed by atoms with Crippen LogP contribution in [0.25, 0.3) is 22.7 Å². The Balaban J connectivity index is 2.14. The van der Waals surface area contributed by atoms with Gasteiger partial charge in [0.25, 0.3) is 5.56 Å². The van der Waals surface area contributed by atoms with Crippen molar-refractivity contribution < 1.29 is 9.52 Å². The third kappa shape index (κ3) is 2.09. The molecule has 0 saturated carbocycles. The second kappa shape index (κ2) is 4.70. The summed E-state index contributed by atoms with van der Waals surface area (Å²) in [5, 5.41) is 10.0. The quantitative estimate of drug-likeness (QED) is 0.749. The standard InChI is InChI=1S/C15H12N2O3/c1-9-4-6-10(7-5-9)12-14(18)16-13(17-15(12)19)11-3-2-8-20-11/h2-8H,1H3,(H2,16,17,18,19). The van der Waals surface area contributed by atoms with Gasteiger partial charge in [-0.15, -0.1) is 0 Å². The molecule has 20 heavy (non-hydrogen) atoms. The van der Waals surface area contributed by atoms with E-state index < -0.39 is 5.56 Å². The van der Waals surface area contributed by atoms with Crippen molar-refractivity contribution in [2.45, 2.75) is 6.92 Å². The topological polar surface area (TPSA) is 79.1 Å². The molecule has 2 aromatic heterocycles. The summed E-state index contributed by atoms with van der Waals surface area (Å²) in [4.78, 5) is 18.7. The van der Waals surface area contributed by atoms with Crippen molar-refractivity contribution in [2.24, 2.45) is 0 Å². The minimum Gasteiger partial charge on any atom is -0.493 e. The fourth-order valence-corrected chi connectivity index (χ4v) is 1.97. The van der Waals surface area contributed by atoms with E-state index in [1.165, 1.54) is 6.26 Å². The molecule has 100 valence electrons. The van der Waals surface area contributed by atoms with Crippen molar-refractivity contribution >= 4 is 0 Å². The minimum absolute atomic E-state index is 0.153. The molecule has 0 amide bonds. The molecular weight excluding hydrogens is 256 g/mol. The van der Waals surface area contributed by atoms with Crippen LogP contribution in [0.1, 0.15) is 5.56 Å². The fraction of sp³-hybridized carbons (Fsp3) is 0.0667. The van der Waals surface area contributed by atoms with Gasteiger partial charge >= 0.3 is 0 Å². The maximum atomic E-state index is 12.1. The molecule has 0 saturated heterocycles. The lowest BCUT2D eigenvalue weighted by Crippen LogP contribution is -2.11. The maximum Gasteiger partial charge on any atom is 0.263 e. The average molecular weight is 268 g/mol. The van der Waals surface area contributed by atoms with E-state index in [1.54, 1.807) is 24.3 Å². The summed E-state index contributed by atoms with van der Waals surface area (Å²) < 4.78 is 5.15. The number of aromatic nitrogens is 2. The van der Waals surface area contributed by atoms with Crippen LogP contribution < -0.4 is 5.56 Å². The fourth-order valence-electron chi connectivity index (χ4n) is 1.97. The van der Waals surface area contributed by atoms with E-state index in [2.05, 4.69) is 9.97 Å². The number of hydrogen-bond acceptors (Lipinski definition) is 4. The largest absolute Gasteiger partial charge is 0.493 e. The predicted octanol–water partition coefficient (Wildman–Crippen LogP) is 2.71. The molecular formula is C15H12N2O3. The molecule has 3 rings (SSSR count). The van der Waals surface area contributed by atoms with Crippen LogP contribution in [-0.2, 0) is 0 Å². The molecule has 0 aliphatic heterocycles. The molecule has 0 unspecified atom stereocenters. The second-order valence-corrected chi connectivity index (χ2v) is 4.46. The van der Waals surface area contributed by atoms with Gasteiger partial charge in [0.2, 0.25) is 5.88 Å². The van der Waals surface area contributed by atoms with E-state index >= 15 is 0 Å². The molecule has 5 nitrogen and oxygen atoms in total. The van der Waals surface area contributed by atoms with Crippen LogP contribution in [0.3, 0.4) is 0 Å². The first-order valence-electron chi connectivity index (χ1n) is 6.09. The summed E-state index contributed by atoms with van der Waals surface area (Å²) in [5.74, 6) is 0.283. The van der Waals surface area contributed by atoms with Crippen molar-refractivity contribution in [3.05, 3.63) is 58.6 Å². The number of rotatable bonds is 2. The van der Waals surface area contributed by atoms with E-state index in [4.69, 9.17) is 4.42 Å². The molecule has 0 fully saturated rings. The van der Waals surface area contributed by atoms with Crippen molar-refractivity contribution in [1.29, 1.82) is 0 Å². The van der Waals surface area contributed by atoms with Crippen LogP contribution in [0.2, 0.25) is 0 Å². The zero-order valence-corrected chi connectivity index (χ0v) is 10.8. The van der Waals surface area contributed by atoms with Gasteiger partial charge in [-0.1, -0.05) is 29.8 Å².